The van der Waals surface area contributed by atoms with Gasteiger partial charge in [-0.2, -0.15) is 0 Å². The topological polar surface area (TPSA) is 87.5 Å². The van der Waals surface area contributed by atoms with Crippen molar-refractivity contribution in [2.24, 2.45) is 11.7 Å². The van der Waals surface area contributed by atoms with Gasteiger partial charge in [0, 0.05) is 24.8 Å². The van der Waals surface area contributed by atoms with E-state index in [9.17, 15) is 9.59 Å². The molecule has 1 aromatic carbocycles. The van der Waals surface area contributed by atoms with Gasteiger partial charge in [-0.1, -0.05) is 32.0 Å². The summed E-state index contributed by atoms with van der Waals surface area (Å²) < 4.78 is 0. The highest BCUT2D eigenvalue weighted by Gasteiger charge is 2.27. The summed E-state index contributed by atoms with van der Waals surface area (Å²) in [5.41, 5.74) is 6.75. The number of nitrogens with zero attached hydrogens (tertiary/aromatic N) is 1. The van der Waals surface area contributed by atoms with Crippen molar-refractivity contribution in [3.05, 3.63) is 30.3 Å². The SMILES string of the molecule is CC(C)C[C@H](N)C(=O)N1CCC(NC(=O)Nc2ccccc2)CC1. The Morgan fingerprint density at radius 2 is 1.83 bits per heavy atom. The fourth-order valence-corrected chi connectivity index (χ4v) is 2.96. The van der Waals surface area contributed by atoms with Crippen molar-refractivity contribution in [2.75, 3.05) is 18.4 Å². The number of piperidine rings is 1. The van der Waals surface area contributed by atoms with E-state index >= 15 is 0 Å². The highest BCUT2D eigenvalue weighted by Crippen LogP contribution is 2.14. The fraction of sp³-hybridized carbons (Fsp3) is 0.556. The highest BCUT2D eigenvalue weighted by atomic mass is 16.2. The number of likely N-dealkylation sites (tertiary alicyclic amines) is 1. The molecule has 4 N–H and O–H groups in total. The van der Waals surface area contributed by atoms with Crippen molar-refractivity contribution in [3.63, 3.8) is 0 Å². The van der Waals surface area contributed by atoms with E-state index < -0.39 is 6.04 Å². The van der Waals surface area contributed by atoms with Crippen molar-refractivity contribution < 1.29 is 9.59 Å². The Kier molecular flexibility index (Phi) is 6.61. The van der Waals surface area contributed by atoms with E-state index in [1.54, 1.807) is 0 Å². The summed E-state index contributed by atoms with van der Waals surface area (Å²) in [7, 11) is 0. The summed E-state index contributed by atoms with van der Waals surface area (Å²) in [4.78, 5) is 26.1. The number of nitrogens with one attached hydrogen (secondary N) is 2. The van der Waals surface area contributed by atoms with Gasteiger partial charge < -0.3 is 21.3 Å². The first-order valence-electron chi connectivity index (χ1n) is 8.62. The number of anilines is 1. The summed E-state index contributed by atoms with van der Waals surface area (Å²) in [6.07, 6.45) is 2.21. The van der Waals surface area contributed by atoms with E-state index in [2.05, 4.69) is 24.5 Å². The first-order valence-corrected chi connectivity index (χ1v) is 8.62. The van der Waals surface area contributed by atoms with Gasteiger partial charge in [-0.25, -0.2) is 4.79 Å². The summed E-state index contributed by atoms with van der Waals surface area (Å²) >= 11 is 0. The Labute approximate surface area is 143 Å². The third kappa shape index (κ3) is 5.53. The predicted octanol–water partition coefficient (Wildman–Crippen LogP) is 2.17. The van der Waals surface area contributed by atoms with Gasteiger partial charge in [0.05, 0.1) is 6.04 Å². The first kappa shape index (κ1) is 18.3. The van der Waals surface area contributed by atoms with E-state index in [0.717, 1.165) is 18.5 Å². The molecule has 1 aliphatic rings. The number of rotatable bonds is 5. The average Bonchev–Trinajstić information content (AvgIpc) is 2.55. The molecule has 24 heavy (non-hydrogen) atoms. The number of urea groups is 1. The highest BCUT2D eigenvalue weighted by molar-refractivity contribution is 5.89. The maximum atomic E-state index is 12.3. The Morgan fingerprint density at radius 1 is 1.21 bits per heavy atom. The average molecular weight is 332 g/mol. The van der Waals surface area contributed by atoms with E-state index in [1.807, 2.05) is 35.2 Å². The molecule has 1 aliphatic heterocycles. The second-order valence-corrected chi connectivity index (χ2v) is 6.80. The van der Waals surface area contributed by atoms with Crippen LogP contribution in [0.3, 0.4) is 0 Å². The van der Waals surface area contributed by atoms with Crippen LogP contribution in [0.25, 0.3) is 0 Å². The monoisotopic (exact) mass is 332 g/mol. The minimum absolute atomic E-state index is 0.0240. The van der Waals surface area contributed by atoms with Crippen molar-refractivity contribution in [1.82, 2.24) is 10.2 Å². The van der Waals surface area contributed by atoms with Gasteiger partial charge in [-0.15, -0.1) is 0 Å². The van der Waals surface area contributed by atoms with Crippen LogP contribution in [0.4, 0.5) is 10.5 Å². The minimum atomic E-state index is -0.420. The molecule has 1 aromatic rings. The maximum Gasteiger partial charge on any atom is 0.319 e. The van der Waals surface area contributed by atoms with E-state index in [1.165, 1.54) is 0 Å². The lowest BCUT2D eigenvalue weighted by Crippen LogP contribution is -2.51. The third-order valence-corrected chi connectivity index (χ3v) is 4.22. The molecule has 0 bridgehead atoms. The molecule has 0 saturated carbocycles. The smallest absolute Gasteiger partial charge is 0.319 e. The van der Waals surface area contributed by atoms with Crippen LogP contribution in [0.1, 0.15) is 33.1 Å². The number of nitrogens with two attached hydrogens (primary N) is 1. The molecular weight excluding hydrogens is 304 g/mol. The van der Waals surface area contributed by atoms with E-state index in [-0.39, 0.29) is 18.0 Å². The van der Waals surface area contributed by atoms with Crippen LogP contribution in [0, 0.1) is 5.92 Å². The first-order chi connectivity index (χ1) is 11.5. The summed E-state index contributed by atoms with van der Waals surface area (Å²) in [5, 5.41) is 5.78. The fourth-order valence-electron chi connectivity index (χ4n) is 2.96. The number of carbonyl (C=O) groups is 2. The van der Waals surface area contributed by atoms with Gasteiger partial charge in [-0.05, 0) is 37.3 Å². The molecule has 1 fully saturated rings. The van der Waals surface area contributed by atoms with Crippen LogP contribution in [-0.2, 0) is 4.79 Å². The largest absolute Gasteiger partial charge is 0.341 e. The van der Waals surface area contributed by atoms with Crippen molar-refractivity contribution >= 4 is 17.6 Å². The molecule has 3 amide bonds. The maximum absolute atomic E-state index is 12.3. The number of benzene rings is 1. The standard InChI is InChI=1S/C18H28N4O2/c1-13(2)12-16(19)17(23)22-10-8-15(9-11-22)21-18(24)20-14-6-4-3-5-7-14/h3-7,13,15-16H,8-12,19H2,1-2H3,(H2,20,21,24)/t16-/m0/s1. The number of hydrogen-bond donors (Lipinski definition) is 3. The molecule has 6 heteroatoms. The normalized spacial score (nSPS) is 16.8. The Morgan fingerprint density at radius 3 is 2.42 bits per heavy atom. The minimum Gasteiger partial charge on any atom is -0.341 e. The molecule has 0 unspecified atom stereocenters. The Hall–Kier alpha value is -2.08. The lowest BCUT2D eigenvalue weighted by atomic mass is 10.0. The molecule has 2 rings (SSSR count). The van der Waals surface area contributed by atoms with Crippen LogP contribution in [0.2, 0.25) is 0 Å². The number of amides is 3. The quantitative estimate of drug-likeness (QED) is 0.772. The zero-order valence-electron chi connectivity index (χ0n) is 14.5. The van der Waals surface area contributed by atoms with Gasteiger partial charge in [-0.3, -0.25) is 4.79 Å². The Bertz CT molecular complexity index is 539. The summed E-state index contributed by atoms with van der Waals surface area (Å²) in [6, 6.07) is 8.80. The zero-order chi connectivity index (χ0) is 17.5. The Balaban J connectivity index is 1.74. The predicted molar refractivity (Wildman–Crippen MR) is 95.6 cm³/mol. The number of para-hydroxylation sites is 1. The van der Waals surface area contributed by atoms with E-state index in [0.29, 0.717) is 25.4 Å². The van der Waals surface area contributed by atoms with Crippen molar-refractivity contribution in [1.29, 1.82) is 0 Å². The molecule has 132 valence electrons. The van der Waals surface area contributed by atoms with Gasteiger partial charge in [0.1, 0.15) is 0 Å². The van der Waals surface area contributed by atoms with Crippen LogP contribution < -0.4 is 16.4 Å². The number of hydrogen-bond acceptors (Lipinski definition) is 3. The van der Waals surface area contributed by atoms with Crippen molar-refractivity contribution in [2.45, 2.75) is 45.2 Å². The van der Waals surface area contributed by atoms with Crippen molar-refractivity contribution in [3.8, 4) is 0 Å². The van der Waals surface area contributed by atoms with E-state index in [4.69, 9.17) is 5.73 Å². The summed E-state index contributed by atoms with van der Waals surface area (Å²) in [6.45, 7) is 5.41. The lowest BCUT2D eigenvalue weighted by Gasteiger charge is -2.34. The van der Waals surface area contributed by atoms with Crippen LogP contribution in [0.15, 0.2) is 30.3 Å². The molecule has 6 nitrogen and oxygen atoms in total. The molecule has 1 heterocycles. The van der Waals surface area contributed by atoms with Crippen LogP contribution in [-0.4, -0.2) is 42.0 Å². The van der Waals surface area contributed by atoms with Gasteiger partial charge >= 0.3 is 6.03 Å². The van der Waals surface area contributed by atoms with Gasteiger partial charge in [0.2, 0.25) is 5.91 Å². The molecular formula is C18H28N4O2. The number of carbonyl (C=O) groups excluding carboxylic acids is 2. The molecule has 0 spiro atoms. The zero-order valence-corrected chi connectivity index (χ0v) is 14.5. The lowest BCUT2D eigenvalue weighted by molar-refractivity contribution is -0.134. The molecule has 0 radical (unpaired) electrons. The molecule has 1 saturated heterocycles. The van der Waals surface area contributed by atoms with Crippen LogP contribution in [0.5, 0.6) is 0 Å². The summed E-state index contributed by atoms with van der Waals surface area (Å²) in [5.74, 6) is 0.431. The second kappa shape index (κ2) is 8.68. The van der Waals surface area contributed by atoms with Gasteiger partial charge in [0.25, 0.3) is 0 Å². The molecule has 0 aromatic heterocycles. The van der Waals surface area contributed by atoms with Crippen LogP contribution >= 0.6 is 0 Å². The van der Waals surface area contributed by atoms with Gasteiger partial charge in [0.15, 0.2) is 0 Å². The third-order valence-electron chi connectivity index (χ3n) is 4.22. The molecule has 1 atom stereocenters. The molecule has 0 aliphatic carbocycles. The second-order valence-electron chi connectivity index (χ2n) is 6.80.